The van der Waals surface area contributed by atoms with Crippen molar-refractivity contribution in [2.45, 2.75) is 27.2 Å². The maximum Gasteiger partial charge on any atom is 0.0215 e. The zero-order valence-electron chi connectivity index (χ0n) is 9.59. The molecule has 0 spiro atoms. The molecule has 0 aromatic heterocycles. The highest BCUT2D eigenvalue weighted by atomic mass is 15.2. The Labute approximate surface area is 87.5 Å². The van der Waals surface area contributed by atoms with Crippen LogP contribution in [0.25, 0.3) is 0 Å². The van der Waals surface area contributed by atoms with Crippen LogP contribution in [0.3, 0.4) is 0 Å². The van der Waals surface area contributed by atoms with Crippen molar-refractivity contribution in [3.8, 4) is 0 Å². The molecule has 80 valence electrons. The maximum absolute atomic E-state index is 5.66. The maximum atomic E-state index is 5.66. The van der Waals surface area contributed by atoms with E-state index in [1.54, 1.807) is 0 Å². The first-order valence-corrected chi connectivity index (χ1v) is 5.40. The molecule has 0 aromatic rings. The van der Waals surface area contributed by atoms with Gasteiger partial charge < -0.3 is 10.6 Å². The van der Waals surface area contributed by atoms with Gasteiger partial charge in [-0.05, 0) is 45.7 Å². The molecule has 1 atom stereocenters. The standard InChI is InChI=1S/C12H22N2/c1-10(2)4-5-11(3)14-7-6-12(8-13)9-14/h4-5,12H,6-9,13H2,1-3H3. The monoisotopic (exact) mass is 194 g/mol. The molecule has 2 nitrogen and oxygen atoms in total. The fourth-order valence-corrected chi connectivity index (χ4v) is 1.74. The Morgan fingerprint density at radius 1 is 1.36 bits per heavy atom. The highest BCUT2D eigenvalue weighted by molar-refractivity contribution is 5.14. The van der Waals surface area contributed by atoms with Gasteiger partial charge in [0.15, 0.2) is 0 Å². The number of hydrogen-bond donors (Lipinski definition) is 1. The zero-order chi connectivity index (χ0) is 10.6. The molecule has 0 amide bonds. The van der Waals surface area contributed by atoms with Crippen molar-refractivity contribution in [2.24, 2.45) is 11.7 Å². The Bertz CT molecular complexity index is 237. The van der Waals surface area contributed by atoms with Crippen LogP contribution in [0.4, 0.5) is 0 Å². The Balaban J connectivity index is 2.50. The summed E-state index contributed by atoms with van der Waals surface area (Å²) >= 11 is 0. The van der Waals surface area contributed by atoms with Gasteiger partial charge in [-0.25, -0.2) is 0 Å². The summed E-state index contributed by atoms with van der Waals surface area (Å²) in [5, 5.41) is 0. The van der Waals surface area contributed by atoms with Crippen LogP contribution in [-0.4, -0.2) is 24.5 Å². The van der Waals surface area contributed by atoms with Gasteiger partial charge in [-0.3, -0.25) is 0 Å². The van der Waals surface area contributed by atoms with Crippen molar-refractivity contribution in [2.75, 3.05) is 19.6 Å². The second-order valence-electron chi connectivity index (χ2n) is 4.39. The number of nitrogens with zero attached hydrogens (tertiary/aromatic N) is 1. The molecule has 0 saturated carbocycles. The molecule has 2 heteroatoms. The summed E-state index contributed by atoms with van der Waals surface area (Å²) in [4.78, 5) is 2.43. The molecule has 0 aliphatic carbocycles. The van der Waals surface area contributed by atoms with Crippen LogP contribution in [0.2, 0.25) is 0 Å². The zero-order valence-corrected chi connectivity index (χ0v) is 9.59. The molecule has 1 aliphatic heterocycles. The van der Waals surface area contributed by atoms with Gasteiger partial charge in [-0.1, -0.05) is 11.6 Å². The number of allylic oxidation sites excluding steroid dienone is 4. The molecule has 1 unspecified atom stereocenters. The van der Waals surface area contributed by atoms with E-state index in [9.17, 15) is 0 Å². The molecule has 1 saturated heterocycles. The van der Waals surface area contributed by atoms with Crippen LogP contribution in [0.5, 0.6) is 0 Å². The Kier molecular flexibility index (Phi) is 4.21. The van der Waals surface area contributed by atoms with Crippen LogP contribution in [0.15, 0.2) is 23.4 Å². The van der Waals surface area contributed by atoms with E-state index in [1.165, 1.54) is 24.2 Å². The van der Waals surface area contributed by atoms with Gasteiger partial charge in [0.25, 0.3) is 0 Å². The fraction of sp³-hybridized carbons (Fsp3) is 0.667. The van der Waals surface area contributed by atoms with E-state index >= 15 is 0 Å². The predicted molar refractivity (Wildman–Crippen MR) is 61.9 cm³/mol. The van der Waals surface area contributed by atoms with Crippen LogP contribution in [-0.2, 0) is 0 Å². The Hall–Kier alpha value is -0.760. The second-order valence-corrected chi connectivity index (χ2v) is 4.39. The molecule has 0 bridgehead atoms. The lowest BCUT2D eigenvalue weighted by molar-refractivity contribution is 0.406. The number of hydrogen-bond acceptors (Lipinski definition) is 2. The van der Waals surface area contributed by atoms with Crippen molar-refractivity contribution in [3.63, 3.8) is 0 Å². The summed E-state index contributed by atoms with van der Waals surface area (Å²) in [6, 6.07) is 0. The van der Waals surface area contributed by atoms with E-state index in [-0.39, 0.29) is 0 Å². The van der Waals surface area contributed by atoms with Gasteiger partial charge in [-0.15, -0.1) is 0 Å². The molecule has 14 heavy (non-hydrogen) atoms. The average Bonchev–Trinajstić information content (AvgIpc) is 2.62. The lowest BCUT2D eigenvalue weighted by Gasteiger charge is -2.18. The van der Waals surface area contributed by atoms with Crippen LogP contribution in [0, 0.1) is 5.92 Å². The first-order valence-electron chi connectivity index (χ1n) is 5.40. The van der Waals surface area contributed by atoms with Crippen molar-refractivity contribution in [3.05, 3.63) is 23.4 Å². The first-order chi connectivity index (χ1) is 6.63. The molecule has 2 N–H and O–H groups in total. The van der Waals surface area contributed by atoms with Gasteiger partial charge in [0.1, 0.15) is 0 Å². The first kappa shape index (κ1) is 11.3. The molecule has 1 rings (SSSR count). The normalized spacial score (nSPS) is 22.7. The molecular weight excluding hydrogens is 172 g/mol. The van der Waals surface area contributed by atoms with E-state index in [0.29, 0.717) is 5.92 Å². The summed E-state index contributed by atoms with van der Waals surface area (Å²) in [6.07, 6.45) is 5.62. The Morgan fingerprint density at radius 2 is 2.07 bits per heavy atom. The molecule has 1 heterocycles. The van der Waals surface area contributed by atoms with Gasteiger partial charge in [0, 0.05) is 18.8 Å². The molecule has 1 aliphatic rings. The van der Waals surface area contributed by atoms with Gasteiger partial charge in [-0.2, -0.15) is 0 Å². The third-order valence-electron chi connectivity index (χ3n) is 2.78. The van der Waals surface area contributed by atoms with Crippen LogP contribution < -0.4 is 5.73 Å². The quantitative estimate of drug-likeness (QED) is 0.697. The van der Waals surface area contributed by atoms with E-state index in [2.05, 4.69) is 37.8 Å². The van der Waals surface area contributed by atoms with E-state index < -0.39 is 0 Å². The number of rotatable bonds is 3. The molecular formula is C12H22N2. The number of nitrogens with two attached hydrogens (primary N) is 1. The molecule has 0 radical (unpaired) electrons. The SMILES string of the molecule is CC(C)=CC=C(C)N1CCC(CN)C1. The highest BCUT2D eigenvalue weighted by Crippen LogP contribution is 2.19. The van der Waals surface area contributed by atoms with E-state index in [4.69, 9.17) is 5.73 Å². The van der Waals surface area contributed by atoms with Crippen LogP contribution in [0.1, 0.15) is 27.2 Å². The predicted octanol–water partition coefficient (Wildman–Crippen LogP) is 2.14. The topological polar surface area (TPSA) is 29.3 Å². The third kappa shape index (κ3) is 3.18. The lowest BCUT2D eigenvalue weighted by Crippen LogP contribution is -2.21. The summed E-state index contributed by atoms with van der Waals surface area (Å²) in [7, 11) is 0. The minimum absolute atomic E-state index is 0.699. The molecule has 1 fully saturated rings. The van der Waals surface area contributed by atoms with Crippen molar-refractivity contribution in [1.29, 1.82) is 0 Å². The smallest absolute Gasteiger partial charge is 0.0215 e. The minimum atomic E-state index is 0.699. The second kappa shape index (κ2) is 5.20. The van der Waals surface area contributed by atoms with E-state index in [1.807, 2.05) is 0 Å². The van der Waals surface area contributed by atoms with Gasteiger partial charge >= 0.3 is 0 Å². The van der Waals surface area contributed by atoms with Gasteiger partial charge in [0.2, 0.25) is 0 Å². The summed E-state index contributed by atoms with van der Waals surface area (Å²) in [6.45, 7) is 9.55. The van der Waals surface area contributed by atoms with Crippen molar-refractivity contribution < 1.29 is 0 Å². The highest BCUT2D eigenvalue weighted by Gasteiger charge is 2.20. The van der Waals surface area contributed by atoms with Crippen molar-refractivity contribution in [1.82, 2.24) is 4.90 Å². The molecule has 0 aromatic carbocycles. The summed E-state index contributed by atoms with van der Waals surface area (Å²) in [5.74, 6) is 0.699. The average molecular weight is 194 g/mol. The lowest BCUT2D eigenvalue weighted by atomic mass is 10.1. The van der Waals surface area contributed by atoms with E-state index in [0.717, 1.165) is 13.1 Å². The van der Waals surface area contributed by atoms with Crippen molar-refractivity contribution >= 4 is 0 Å². The van der Waals surface area contributed by atoms with Gasteiger partial charge in [0.05, 0.1) is 0 Å². The third-order valence-corrected chi connectivity index (χ3v) is 2.78. The fourth-order valence-electron chi connectivity index (χ4n) is 1.74. The largest absolute Gasteiger partial charge is 0.375 e. The summed E-state index contributed by atoms with van der Waals surface area (Å²) in [5.41, 5.74) is 8.37. The minimum Gasteiger partial charge on any atom is -0.375 e. The number of likely N-dealkylation sites (tertiary alicyclic amines) is 1. The van der Waals surface area contributed by atoms with Crippen LogP contribution >= 0.6 is 0 Å². The summed E-state index contributed by atoms with van der Waals surface area (Å²) < 4.78 is 0. The Morgan fingerprint density at radius 3 is 2.57 bits per heavy atom.